The number of hydrogen-bond acceptors (Lipinski definition) is 4. The number of amides is 1. The topological polar surface area (TPSA) is 84.3 Å². The van der Waals surface area contributed by atoms with Gasteiger partial charge in [0.1, 0.15) is 5.82 Å². The smallest absolute Gasteiger partial charge is 0.243 e. The average molecular weight is 457 g/mol. The van der Waals surface area contributed by atoms with Gasteiger partial charge in [-0.3, -0.25) is 4.79 Å². The summed E-state index contributed by atoms with van der Waals surface area (Å²) in [5.41, 5.74) is 3.76. The second-order valence-corrected chi connectivity index (χ2v) is 9.65. The molecule has 7 nitrogen and oxygen atoms in total. The molecule has 32 heavy (non-hydrogen) atoms. The van der Waals surface area contributed by atoms with Crippen LogP contribution in [0.25, 0.3) is 11.0 Å². The first-order valence-corrected chi connectivity index (χ1v) is 12.6. The number of sulfonamides is 1. The summed E-state index contributed by atoms with van der Waals surface area (Å²) in [5, 5.41) is 2.97. The normalized spacial score (nSPS) is 11.9. The fraction of sp³-hybridized carbons (Fsp3) is 0.417. The van der Waals surface area contributed by atoms with E-state index < -0.39 is 10.0 Å². The highest BCUT2D eigenvalue weighted by atomic mass is 32.2. The first kappa shape index (κ1) is 23.9. The predicted molar refractivity (Wildman–Crippen MR) is 127 cm³/mol. The van der Waals surface area contributed by atoms with Crippen molar-refractivity contribution in [3.63, 3.8) is 0 Å². The van der Waals surface area contributed by atoms with Crippen LogP contribution in [0.5, 0.6) is 0 Å². The third kappa shape index (κ3) is 5.02. The van der Waals surface area contributed by atoms with E-state index >= 15 is 0 Å². The van der Waals surface area contributed by atoms with Crippen LogP contribution < -0.4 is 5.32 Å². The number of benzene rings is 2. The van der Waals surface area contributed by atoms with Crippen LogP contribution in [0, 0.1) is 6.92 Å². The van der Waals surface area contributed by atoms with Crippen molar-refractivity contribution in [2.75, 3.05) is 13.1 Å². The predicted octanol–water partition coefficient (Wildman–Crippen LogP) is 3.64. The number of nitrogens with zero attached hydrogens (tertiary/aromatic N) is 3. The molecule has 0 saturated carbocycles. The standard InChI is InChI=1S/C24H32N4O3S/c1-5-27(6-2)32(30,31)20-12-13-22-21(16-20)26-23(28(22)7-3)14-15-24(29)25-17-19-11-9-8-10-18(19)4/h8-13,16H,5-7,14-15,17H2,1-4H3,(H,25,29). The van der Waals surface area contributed by atoms with E-state index in [4.69, 9.17) is 0 Å². The minimum absolute atomic E-state index is 0.0345. The van der Waals surface area contributed by atoms with Crippen LogP contribution in [0.3, 0.4) is 0 Å². The van der Waals surface area contributed by atoms with Gasteiger partial charge in [0, 0.05) is 39.0 Å². The highest BCUT2D eigenvalue weighted by molar-refractivity contribution is 7.89. The monoisotopic (exact) mass is 456 g/mol. The molecule has 2 aromatic carbocycles. The summed E-state index contributed by atoms with van der Waals surface area (Å²) in [7, 11) is -3.55. The van der Waals surface area contributed by atoms with Gasteiger partial charge >= 0.3 is 0 Å². The molecule has 0 radical (unpaired) electrons. The number of aromatic nitrogens is 2. The van der Waals surface area contributed by atoms with Crippen LogP contribution in [0.2, 0.25) is 0 Å². The maximum atomic E-state index is 12.9. The van der Waals surface area contributed by atoms with E-state index in [9.17, 15) is 13.2 Å². The SMILES string of the molecule is CCN(CC)S(=O)(=O)c1ccc2c(c1)nc(CCC(=O)NCc1ccccc1C)n2CC. The van der Waals surface area contributed by atoms with Crippen LogP contribution >= 0.6 is 0 Å². The average Bonchev–Trinajstić information content (AvgIpc) is 3.14. The largest absolute Gasteiger partial charge is 0.352 e. The summed E-state index contributed by atoms with van der Waals surface area (Å²) in [4.78, 5) is 17.3. The Hall–Kier alpha value is -2.71. The Morgan fingerprint density at radius 3 is 2.47 bits per heavy atom. The summed E-state index contributed by atoms with van der Waals surface area (Å²) < 4.78 is 29.2. The second-order valence-electron chi connectivity index (χ2n) is 7.72. The quantitative estimate of drug-likeness (QED) is 0.505. The molecule has 0 aliphatic rings. The van der Waals surface area contributed by atoms with Crippen molar-refractivity contribution >= 4 is 27.0 Å². The molecule has 0 unspecified atom stereocenters. The lowest BCUT2D eigenvalue weighted by Crippen LogP contribution is -2.30. The molecular formula is C24H32N4O3S. The van der Waals surface area contributed by atoms with Gasteiger partial charge in [-0.1, -0.05) is 38.1 Å². The first-order valence-electron chi connectivity index (χ1n) is 11.1. The van der Waals surface area contributed by atoms with Gasteiger partial charge in [-0.25, -0.2) is 13.4 Å². The van der Waals surface area contributed by atoms with Crippen molar-refractivity contribution < 1.29 is 13.2 Å². The van der Waals surface area contributed by atoms with Crippen LogP contribution in [0.1, 0.15) is 44.1 Å². The molecule has 3 aromatic rings. The van der Waals surface area contributed by atoms with E-state index in [-0.39, 0.29) is 10.8 Å². The Balaban J connectivity index is 1.75. The highest BCUT2D eigenvalue weighted by Crippen LogP contribution is 2.23. The van der Waals surface area contributed by atoms with Gasteiger partial charge in [0.05, 0.1) is 15.9 Å². The number of nitrogens with one attached hydrogen (secondary N) is 1. The van der Waals surface area contributed by atoms with Gasteiger partial charge in [0.2, 0.25) is 15.9 Å². The molecule has 1 N–H and O–H groups in total. The van der Waals surface area contributed by atoms with Crippen molar-refractivity contribution in [2.45, 2.75) is 58.5 Å². The molecule has 8 heteroatoms. The van der Waals surface area contributed by atoms with Crippen molar-refractivity contribution in [2.24, 2.45) is 0 Å². The van der Waals surface area contributed by atoms with Gasteiger partial charge in [-0.15, -0.1) is 0 Å². The van der Waals surface area contributed by atoms with Crippen molar-refractivity contribution in [3.05, 3.63) is 59.4 Å². The van der Waals surface area contributed by atoms with Crippen LogP contribution in [0.4, 0.5) is 0 Å². The minimum atomic E-state index is -3.55. The molecule has 0 atom stereocenters. The van der Waals surface area contributed by atoms with E-state index in [1.165, 1.54) is 4.31 Å². The number of fused-ring (bicyclic) bond motifs is 1. The maximum absolute atomic E-state index is 12.9. The molecule has 0 aliphatic carbocycles. The molecule has 1 aromatic heterocycles. The highest BCUT2D eigenvalue weighted by Gasteiger charge is 2.23. The van der Waals surface area contributed by atoms with Crippen molar-refractivity contribution in [3.8, 4) is 0 Å². The third-order valence-corrected chi connectivity index (χ3v) is 7.82. The summed E-state index contributed by atoms with van der Waals surface area (Å²) in [5.74, 6) is 0.749. The molecular weight excluding hydrogens is 424 g/mol. The molecule has 1 amide bonds. The van der Waals surface area contributed by atoms with Crippen LogP contribution in [0.15, 0.2) is 47.4 Å². The Morgan fingerprint density at radius 2 is 1.81 bits per heavy atom. The lowest BCUT2D eigenvalue weighted by atomic mass is 10.1. The fourth-order valence-electron chi connectivity index (χ4n) is 3.89. The van der Waals surface area contributed by atoms with Crippen molar-refractivity contribution in [1.82, 2.24) is 19.2 Å². The van der Waals surface area contributed by atoms with E-state index in [1.807, 2.05) is 62.6 Å². The number of rotatable bonds is 10. The number of carbonyl (C=O) groups is 1. The zero-order valence-electron chi connectivity index (χ0n) is 19.3. The zero-order chi connectivity index (χ0) is 23.3. The Kier molecular flexibility index (Phi) is 7.69. The first-order chi connectivity index (χ1) is 15.3. The van der Waals surface area contributed by atoms with Gasteiger partial charge in [-0.2, -0.15) is 4.31 Å². The lowest BCUT2D eigenvalue weighted by molar-refractivity contribution is -0.121. The van der Waals surface area contributed by atoms with Gasteiger partial charge in [0.25, 0.3) is 0 Å². The second kappa shape index (κ2) is 10.3. The Bertz CT molecular complexity index is 1200. The fourth-order valence-corrected chi connectivity index (χ4v) is 5.37. The number of aryl methyl sites for hydroxylation is 3. The number of imidazole rings is 1. The van der Waals surface area contributed by atoms with Gasteiger partial charge in [-0.05, 0) is 43.2 Å². The van der Waals surface area contributed by atoms with Crippen molar-refractivity contribution in [1.29, 1.82) is 0 Å². The summed E-state index contributed by atoms with van der Waals surface area (Å²) in [6.45, 7) is 9.73. The summed E-state index contributed by atoms with van der Waals surface area (Å²) in [6, 6.07) is 13.1. The molecule has 0 saturated heterocycles. The van der Waals surface area contributed by atoms with Crippen LogP contribution in [-0.2, 0) is 34.3 Å². The van der Waals surface area contributed by atoms with E-state index in [2.05, 4.69) is 10.3 Å². The summed E-state index contributed by atoms with van der Waals surface area (Å²) >= 11 is 0. The van der Waals surface area contributed by atoms with E-state index in [1.54, 1.807) is 12.1 Å². The summed E-state index contributed by atoms with van der Waals surface area (Å²) in [6.07, 6.45) is 0.806. The Labute approximate surface area is 190 Å². The molecule has 3 rings (SSSR count). The molecule has 0 fully saturated rings. The molecule has 1 heterocycles. The third-order valence-electron chi connectivity index (χ3n) is 5.77. The Morgan fingerprint density at radius 1 is 1.09 bits per heavy atom. The number of carbonyl (C=O) groups excluding carboxylic acids is 1. The molecule has 0 bridgehead atoms. The number of hydrogen-bond donors (Lipinski definition) is 1. The maximum Gasteiger partial charge on any atom is 0.243 e. The van der Waals surface area contributed by atoms with Gasteiger partial charge < -0.3 is 9.88 Å². The van der Waals surface area contributed by atoms with E-state index in [0.717, 1.165) is 22.5 Å². The zero-order valence-corrected chi connectivity index (χ0v) is 20.1. The molecule has 0 aliphatic heterocycles. The minimum Gasteiger partial charge on any atom is -0.352 e. The lowest BCUT2D eigenvalue weighted by Gasteiger charge is -2.18. The van der Waals surface area contributed by atoms with Crippen LogP contribution in [-0.4, -0.2) is 41.3 Å². The van der Waals surface area contributed by atoms with Gasteiger partial charge in [0.15, 0.2) is 0 Å². The molecule has 0 spiro atoms. The van der Waals surface area contributed by atoms with E-state index in [0.29, 0.717) is 44.5 Å². The molecule has 172 valence electrons.